The van der Waals surface area contributed by atoms with Crippen molar-refractivity contribution in [3.63, 3.8) is 0 Å². The predicted octanol–water partition coefficient (Wildman–Crippen LogP) is -6.42. The van der Waals surface area contributed by atoms with Crippen LogP contribution in [0.5, 0.6) is 0 Å². The maximum atomic E-state index is 14.3. The van der Waals surface area contributed by atoms with E-state index in [-0.39, 0.29) is 64.1 Å². The molecule has 0 bridgehead atoms. The first kappa shape index (κ1) is 71.6. The van der Waals surface area contributed by atoms with Crippen molar-refractivity contribution in [1.29, 1.82) is 0 Å². The Hall–Kier alpha value is -7.55. The molecule has 32 heteroatoms. The molecule has 22 N–H and O–H groups in total. The zero-order valence-corrected chi connectivity index (χ0v) is 47.1. The molecular weight excluding hydrogens is 1120 g/mol. The highest BCUT2D eigenvalue weighted by Gasteiger charge is 2.40. The van der Waals surface area contributed by atoms with E-state index >= 15 is 0 Å². The van der Waals surface area contributed by atoms with Gasteiger partial charge in [-0.3, -0.25) is 48.1 Å². The van der Waals surface area contributed by atoms with Gasteiger partial charge in [0.2, 0.25) is 47.3 Å². The van der Waals surface area contributed by atoms with Crippen LogP contribution in [-0.4, -0.2) is 202 Å². The normalized spacial score (nSPS) is 24.0. The molecule has 464 valence electrons. The number of nitrogens with zero attached hydrogens (tertiary/aromatic N) is 1. The number of nitrogens with one attached hydrogen (secondary N) is 9. The largest absolute Gasteiger partial charge is 0.479 e. The van der Waals surface area contributed by atoms with Crippen molar-refractivity contribution in [2.45, 2.75) is 158 Å². The van der Waals surface area contributed by atoms with Gasteiger partial charge in [0.05, 0.1) is 31.1 Å². The first-order valence-electron chi connectivity index (χ1n) is 26.9. The maximum Gasteiger partial charge on any atom is 0.335 e. The van der Waals surface area contributed by atoms with Crippen molar-refractivity contribution in [3.8, 4) is 0 Å². The number of guanidine groups is 1. The van der Waals surface area contributed by atoms with E-state index in [1.165, 1.54) is 6.92 Å². The van der Waals surface area contributed by atoms with Crippen LogP contribution in [0.25, 0.3) is 0 Å². The smallest absolute Gasteiger partial charge is 0.335 e. The Balaban J connectivity index is 2.84. The monoisotopic (exact) mass is 1200 g/mol. The number of carbonyl (C=O) groups excluding carboxylic acids is 10. The topological polar surface area (TPSA) is 523 Å². The van der Waals surface area contributed by atoms with Crippen LogP contribution in [0.1, 0.15) is 90.0 Å². The van der Waals surface area contributed by atoms with Gasteiger partial charge in [-0.1, -0.05) is 75.4 Å². The quantitative estimate of drug-likeness (QED) is 0.0114. The summed E-state index contributed by atoms with van der Waals surface area (Å²) in [6.07, 6.45) is -2.48. The van der Waals surface area contributed by atoms with Crippen molar-refractivity contribution in [2.75, 3.05) is 38.7 Å². The number of aliphatic imine (C=N–C) groups is 1. The number of allylic oxidation sites excluding steroid dienone is 1. The van der Waals surface area contributed by atoms with E-state index < -0.39 is 163 Å². The van der Waals surface area contributed by atoms with Crippen molar-refractivity contribution >= 4 is 82.7 Å². The molecule has 0 aliphatic carbocycles. The van der Waals surface area contributed by atoms with E-state index in [0.717, 1.165) is 31.8 Å². The standard InChI is InChI=1S/C51H81ClN14O17/c1-3-5-6-7-11-15-28(68)23-37(70)58-35-26-83-50(82)38(36(69)24-52)65-48(79)39(40(71)49(80)81)66-41(72)29(4-2)59-45(76)33(22-27-13-9-8-10-14-27)63-42(73)30(16-12-21-57-51(55)56)60-43(74)31(17-19-53)61-44(75)32(18-20-54)62-46(77)34(25-67)64-47(35)78/h4,8-10,13-14,28,30-36,38-40,67-69,71H,3,5-7,11-12,15-26,53-54H2,1-2H3,(H,58,70)(H,59,76)(H,60,74)(H,61,75)(H,62,77)(H,63,73)(H,64,78)(H,65,79)(H,66,72)(H,80,81)(H4,55,56,57)/b29-4-/t28-,30?,31?,32+,33+,34?,35?,36-,38?,39+,40+/m1/s1. The minimum Gasteiger partial charge on any atom is -0.479 e. The molecule has 1 aromatic rings. The van der Waals surface area contributed by atoms with Crippen LogP contribution in [0.3, 0.4) is 0 Å². The molecule has 83 heavy (non-hydrogen) atoms. The average Bonchev–Trinajstić information content (AvgIpc) is 3.52. The van der Waals surface area contributed by atoms with E-state index in [0.29, 0.717) is 12.0 Å². The van der Waals surface area contributed by atoms with E-state index in [9.17, 15) is 78.3 Å². The second-order valence-corrected chi connectivity index (χ2v) is 19.5. The van der Waals surface area contributed by atoms with Crippen molar-refractivity contribution in [3.05, 3.63) is 47.7 Å². The number of cyclic esters (lactones) is 1. The fourth-order valence-corrected chi connectivity index (χ4v) is 8.20. The number of halogens is 1. The second kappa shape index (κ2) is 38.3. The van der Waals surface area contributed by atoms with Gasteiger partial charge in [0, 0.05) is 13.0 Å². The summed E-state index contributed by atoms with van der Waals surface area (Å²) in [6, 6.07) is -6.93. The van der Waals surface area contributed by atoms with E-state index in [1.54, 1.807) is 30.3 Å². The van der Waals surface area contributed by atoms with Gasteiger partial charge in [-0.15, -0.1) is 11.6 Å². The number of aliphatic carboxylic acids is 1. The summed E-state index contributed by atoms with van der Waals surface area (Å²) < 4.78 is 5.26. The van der Waals surface area contributed by atoms with Gasteiger partial charge in [0.25, 0.3) is 5.91 Å². The average molecular weight is 1200 g/mol. The first-order chi connectivity index (χ1) is 39.4. The van der Waals surface area contributed by atoms with Gasteiger partial charge < -0.3 is 101 Å². The van der Waals surface area contributed by atoms with E-state index in [2.05, 4.69) is 42.2 Å². The molecule has 31 nitrogen and oxygen atoms in total. The second-order valence-electron chi connectivity index (χ2n) is 19.2. The Kier molecular flexibility index (Phi) is 33.0. The fourth-order valence-electron chi connectivity index (χ4n) is 8.02. The molecule has 1 aliphatic heterocycles. The Bertz CT molecular complexity index is 2400. The molecule has 1 aromatic carbocycles. The molecule has 11 atom stereocenters. The molecule has 0 aromatic heterocycles. The lowest BCUT2D eigenvalue weighted by Gasteiger charge is -2.28. The van der Waals surface area contributed by atoms with Crippen LogP contribution in [0.4, 0.5) is 0 Å². The Labute approximate surface area is 484 Å². The van der Waals surface area contributed by atoms with Gasteiger partial charge in [-0.2, -0.15) is 0 Å². The number of benzene rings is 1. The highest BCUT2D eigenvalue weighted by atomic mass is 35.5. The van der Waals surface area contributed by atoms with Crippen LogP contribution in [-0.2, 0) is 63.9 Å². The highest BCUT2D eigenvalue weighted by Crippen LogP contribution is 2.12. The number of carboxylic acid groups (broad SMARTS) is 1. The summed E-state index contributed by atoms with van der Waals surface area (Å²) in [6.45, 7) is 0.347. The molecule has 1 fully saturated rings. The van der Waals surface area contributed by atoms with Crippen LogP contribution in [0.2, 0.25) is 0 Å². The Morgan fingerprint density at radius 1 is 0.723 bits per heavy atom. The zero-order valence-electron chi connectivity index (χ0n) is 46.3. The van der Waals surface area contributed by atoms with Gasteiger partial charge in [0.1, 0.15) is 54.6 Å². The van der Waals surface area contributed by atoms with E-state index in [1.807, 2.05) is 17.6 Å². The number of ether oxygens (including phenoxy) is 1. The molecule has 1 saturated heterocycles. The van der Waals surface area contributed by atoms with Crippen LogP contribution in [0.15, 0.2) is 47.1 Å². The zero-order chi connectivity index (χ0) is 62.2. The van der Waals surface area contributed by atoms with Crippen molar-refractivity contribution < 1.29 is 83.0 Å². The summed E-state index contributed by atoms with van der Waals surface area (Å²) in [4.78, 5) is 155. The summed E-state index contributed by atoms with van der Waals surface area (Å²) in [5, 5.41) is 72.9. The lowest BCUT2D eigenvalue weighted by Crippen LogP contribution is -2.62. The highest BCUT2D eigenvalue weighted by molar-refractivity contribution is 6.18. The minimum absolute atomic E-state index is 0.0367. The number of hydrogen-bond donors (Lipinski definition) is 18. The molecule has 0 radical (unpaired) electrons. The number of nitrogens with two attached hydrogens (primary N) is 4. The number of alkyl halides is 1. The number of amides is 9. The third-order valence-electron chi connectivity index (χ3n) is 12.6. The van der Waals surface area contributed by atoms with Crippen LogP contribution >= 0.6 is 11.6 Å². The lowest BCUT2D eigenvalue weighted by atomic mass is 10.0. The van der Waals surface area contributed by atoms with Gasteiger partial charge >= 0.3 is 11.9 Å². The predicted molar refractivity (Wildman–Crippen MR) is 297 cm³/mol. The number of aliphatic hydroxyl groups excluding tert-OH is 4. The molecule has 1 aliphatic rings. The molecule has 9 amide bonds. The van der Waals surface area contributed by atoms with E-state index in [4.69, 9.17) is 39.3 Å². The summed E-state index contributed by atoms with van der Waals surface area (Å²) in [5.74, 6) is -15.6. The fraction of sp³-hybridized carbons (Fsp3) is 0.608. The first-order valence-corrected chi connectivity index (χ1v) is 27.5. The molecule has 0 spiro atoms. The maximum absolute atomic E-state index is 14.3. The summed E-state index contributed by atoms with van der Waals surface area (Å²) in [5.41, 5.74) is 22.4. The lowest BCUT2D eigenvalue weighted by molar-refractivity contribution is -0.155. The summed E-state index contributed by atoms with van der Waals surface area (Å²) in [7, 11) is 0. The molecular formula is C51H81ClN14O17. The molecule has 0 saturated carbocycles. The van der Waals surface area contributed by atoms with Crippen LogP contribution < -0.4 is 70.8 Å². The minimum atomic E-state index is -2.81. The third kappa shape index (κ3) is 25.6. The van der Waals surface area contributed by atoms with Crippen LogP contribution in [0, 0.1) is 0 Å². The number of unbranched alkanes of at least 4 members (excludes halogenated alkanes) is 4. The number of rotatable bonds is 24. The molecule has 2 rings (SSSR count). The number of aliphatic hydroxyl groups is 4. The number of hydrogen-bond acceptors (Lipinski definition) is 19. The van der Waals surface area contributed by atoms with Crippen molar-refractivity contribution in [2.24, 2.45) is 27.9 Å². The molecule has 5 unspecified atom stereocenters. The van der Waals surface area contributed by atoms with Gasteiger partial charge in [-0.25, -0.2) is 9.59 Å². The number of esters is 1. The number of carbonyl (C=O) groups is 11. The Morgan fingerprint density at radius 3 is 1.81 bits per heavy atom. The van der Waals surface area contributed by atoms with Crippen molar-refractivity contribution in [1.82, 2.24) is 47.9 Å². The molecule has 1 heterocycles. The SMILES string of the molecule is C/C=C1\NC(=O)[C@H](Cc2ccccc2)NC(=O)C(CCCN=C(N)N)NC(=O)C(CCN)NC(=O)[C@H](CCN)NC(=O)C(CO)NC(=O)C(NC(=O)C[C@H](O)CCCCCCC)COC(=O)C([C@H](O)CCl)NC(=O)[C@H]([C@H](O)C(=O)O)NC1=O. The third-order valence-corrected chi connectivity index (χ3v) is 12.9. The van der Waals surface area contributed by atoms with Gasteiger partial charge in [0.15, 0.2) is 18.1 Å². The Morgan fingerprint density at radius 2 is 1.28 bits per heavy atom. The van der Waals surface area contributed by atoms with Gasteiger partial charge in [-0.05, 0) is 57.7 Å². The number of carboxylic acids is 1. The summed E-state index contributed by atoms with van der Waals surface area (Å²) >= 11 is 5.87.